The van der Waals surface area contributed by atoms with Crippen LogP contribution < -0.4 is 0 Å². The number of likely N-dealkylation sites (tertiary alicyclic amines) is 1. The lowest BCUT2D eigenvalue weighted by atomic mass is 10.1. The van der Waals surface area contributed by atoms with E-state index in [0.717, 1.165) is 0 Å². The van der Waals surface area contributed by atoms with Crippen molar-refractivity contribution in [2.24, 2.45) is 5.92 Å². The van der Waals surface area contributed by atoms with Crippen molar-refractivity contribution in [1.29, 1.82) is 5.41 Å². The fourth-order valence-electron chi connectivity index (χ4n) is 1.40. The third-order valence-corrected chi connectivity index (χ3v) is 2.20. The lowest BCUT2D eigenvalue weighted by Gasteiger charge is -2.14. The molecule has 0 aromatic rings. The number of carbonyl (C=O) groups is 2. The molecule has 100 valence electrons. The third-order valence-electron chi connectivity index (χ3n) is 2.20. The second-order valence-electron chi connectivity index (χ2n) is 3.49. The van der Waals surface area contributed by atoms with Gasteiger partial charge in [0.1, 0.15) is 11.6 Å². The lowest BCUT2D eigenvalue weighted by Crippen LogP contribution is -2.31. The highest BCUT2D eigenvalue weighted by molar-refractivity contribution is 6.04. The number of nitrogens with zero attached hydrogens (tertiary/aromatic N) is 1. The lowest BCUT2D eigenvalue weighted by molar-refractivity contribution is -0.129. The molecule has 17 heavy (non-hydrogen) atoms. The number of rotatable bonds is 3. The van der Waals surface area contributed by atoms with E-state index >= 15 is 0 Å². The molecule has 1 aliphatic rings. The maximum atomic E-state index is 11.4. The van der Waals surface area contributed by atoms with Gasteiger partial charge in [-0.1, -0.05) is 34.6 Å². The number of hydrogen-bond donors (Lipinski definition) is 1. The molecule has 1 atom stereocenters. The molecule has 0 aromatic heterocycles. The van der Waals surface area contributed by atoms with E-state index in [0.29, 0.717) is 25.2 Å². The monoisotopic (exact) mass is 242 g/mol. The van der Waals surface area contributed by atoms with Crippen LogP contribution in [-0.4, -0.2) is 29.0 Å². The minimum Gasteiger partial charge on any atom is -0.300 e. The molecule has 0 spiro atoms. The van der Waals surface area contributed by atoms with Crippen LogP contribution in [0.3, 0.4) is 0 Å². The Morgan fingerprint density at radius 3 is 2.12 bits per heavy atom. The van der Waals surface area contributed by atoms with Gasteiger partial charge in [-0.3, -0.25) is 15.0 Å². The van der Waals surface area contributed by atoms with Crippen molar-refractivity contribution < 1.29 is 9.59 Å². The zero-order valence-electron chi connectivity index (χ0n) is 12.0. The normalized spacial score (nSPS) is 18.0. The van der Waals surface area contributed by atoms with Gasteiger partial charge in [-0.25, -0.2) is 0 Å². The fraction of sp³-hybridized carbons (Fsp3) is 0.769. The molecule has 1 amide bonds. The quantitative estimate of drug-likeness (QED) is 0.827. The van der Waals surface area contributed by atoms with Gasteiger partial charge >= 0.3 is 0 Å². The van der Waals surface area contributed by atoms with E-state index in [-0.39, 0.29) is 17.6 Å². The van der Waals surface area contributed by atoms with Gasteiger partial charge < -0.3 is 4.90 Å². The summed E-state index contributed by atoms with van der Waals surface area (Å²) in [7, 11) is 0. The van der Waals surface area contributed by atoms with Crippen molar-refractivity contribution in [2.75, 3.05) is 6.54 Å². The van der Waals surface area contributed by atoms with Crippen molar-refractivity contribution >= 4 is 17.5 Å². The summed E-state index contributed by atoms with van der Waals surface area (Å²) in [4.78, 5) is 23.5. The summed E-state index contributed by atoms with van der Waals surface area (Å²) < 4.78 is 0. The molecule has 4 nitrogen and oxygen atoms in total. The zero-order chi connectivity index (χ0) is 14.0. The highest BCUT2D eigenvalue weighted by Crippen LogP contribution is 2.18. The number of hydrogen-bond acceptors (Lipinski definition) is 3. The average Bonchev–Trinajstić information content (AvgIpc) is 2.56. The predicted molar refractivity (Wildman–Crippen MR) is 71.2 cm³/mol. The Morgan fingerprint density at radius 2 is 1.82 bits per heavy atom. The first-order valence-electron chi connectivity index (χ1n) is 6.40. The van der Waals surface area contributed by atoms with Gasteiger partial charge in [0, 0.05) is 25.3 Å². The first-order chi connectivity index (χ1) is 8.02. The molecule has 0 radical (unpaired) electrons. The second-order valence-corrected chi connectivity index (χ2v) is 3.49. The van der Waals surface area contributed by atoms with Crippen LogP contribution in [0.25, 0.3) is 0 Å². The highest BCUT2D eigenvalue weighted by Gasteiger charge is 2.32. The van der Waals surface area contributed by atoms with Crippen molar-refractivity contribution in [3.8, 4) is 0 Å². The van der Waals surface area contributed by atoms with E-state index in [2.05, 4.69) is 0 Å². The number of carbonyl (C=O) groups excluding carboxylic acids is 2. The van der Waals surface area contributed by atoms with Crippen LogP contribution in [-0.2, 0) is 9.59 Å². The van der Waals surface area contributed by atoms with Gasteiger partial charge in [-0.2, -0.15) is 0 Å². The van der Waals surface area contributed by atoms with Gasteiger partial charge in [0.25, 0.3) is 0 Å². The zero-order valence-corrected chi connectivity index (χ0v) is 12.0. The van der Waals surface area contributed by atoms with E-state index in [9.17, 15) is 9.59 Å². The van der Waals surface area contributed by atoms with Crippen LogP contribution in [0.4, 0.5) is 0 Å². The number of Topliss-reactive ketones (excluding diaryl/α,β-unsaturated/α-hetero) is 1. The first kappa shape index (κ1) is 18.2. The molecule has 1 unspecified atom stereocenters. The number of amides is 1. The SMILES string of the molecule is CC.CC.CC(=O)CCN1C(=N)CC(C)C1=O. The summed E-state index contributed by atoms with van der Waals surface area (Å²) in [5, 5.41) is 7.50. The van der Waals surface area contributed by atoms with Crippen LogP contribution in [0.2, 0.25) is 0 Å². The van der Waals surface area contributed by atoms with Crippen molar-refractivity contribution in [1.82, 2.24) is 4.90 Å². The molecule has 4 heteroatoms. The van der Waals surface area contributed by atoms with Gasteiger partial charge in [0.2, 0.25) is 5.91 Å². The van der Waals surface area contributed by atoms with E-state index in [1.165, 1.54) is 11.8 Å². The minimum absolute atomic E-state index is 0.0220. The van der Waals surface area contributed by atoms with Crippen molar-refractivity contribution in [3.63, 3.8) is 0 Å². The van der Waals surface area contributed by atoms with Crippen LogP contribution in [0.1, 0.15) is 54.4 Å². The van der Waals surface area contributed by atoms with Crippen molar-refractivity contribution in [3.05, 3.63) is 0 Å². The molecule has 1 rings (SSSR count). The largest absolute Gasteiger partial charge is 0.300 e. The van der Waals surface area contributed by atoms with Crippen LogP contribution in [0.15, 0.2) is 0 Å². The van der Waals surface area contributed by atoms with Gasteiger partial charge in [0.05, 0.1) is 0 Å². The van der Waals surface area contributed by atoms with Gasteiger partial charge in [-0.05, 0) is 6.92 Å². The van der Waals surface area contributed by atoms with Crippen molar-refractivity contribution in [2.45, 2.75) is 54.4 Å². The third kappa shape index (κ3) is 6.19. The molecule has 1 saturated heterocycles. The molecule has 1 aliphatic heterocycles. The number of nitrogens with one attached hydrogen (secondary N) is 1. The van der Waals surface area contributed by atoms with Crippen LogP contribution >= 0.6 is 0 Å². The van der Waals surface area contributed by atoms with Gasteiger partial charge in [0.15, 0.2) is 0 Å². The Balaban J connectivity index is 0. The smallest absolute Gasteiger partial charge is 0.231 e. The Bertz CT molecular complexity index is 262. The minimum atomic E-state index is -0.0838. The van der Waals surface area contributed by atoms with E-state index in [1.807, 2.05) is 34.6 Å². The summed E-state index contributed by atoms with van der Waals surface area (Å²) in [6, 6.07) is 0. The molecule has 0 bridgehead atoms. The molecule has 0 aliphatic carbocycles. The highest BCUT2D eigenvalue weighted by atomic mass is 16.2. The Kier molecular flexibility index (Phi) is 10.7. The molecule has 1 fully saturated rings. The van der Waals surface area contributed by atoms with E-state index in [1.54, 1.807) is 0 Å². The fourth-order valence-corrected chi connectivity index (χ4v) is 1.40. The summed E-state index contributed by atoms with van der Waals surface area (Å²) in [5.74, 6) is 0.296. The molecular formula is C13H26N2O2. The van der Waals surface area contributed by atoms with Crippen LogP contribution in [0, 0.1) is 11.3 Å². The Morgan fingerprint density at radius 1 is 1.35 bits per heavy atom. The average molecular weight is 242 g/mol. The summed E-state index contributed by atoms with van der Waals surface area (Å²) in [5.41, 5.74) is 0. The number of ketones is 1. The number of amidine groups is 1. The van der Waals surface area contributed by atoms with Gasteiger partial charge in [-0.15, -0.1) is 0 Å². The summed E-state index contributed by atoms with van der Waals surface area (Å²) >= 11 is 0. The standard InChI is InChI=1S/C9H14N2O2.2C2H6/c1-6-5-8(10)11(9(6)13)4-3-7(2)12;2*1-2/h6,10H,3-5H2,1-2H3;2*1-2H3. The first-order valence-corrected chi connectivity index (χ1v) is 6.40. The molecule has 1 heterocycles. The maximum Gasteiger partial charge on any atom is 0.231 e. The summed E-state index contributed by atoms with van der Waals surface area (Å²) in [6.07, 6.45) is 0.859. The maximum absolute atomic E-state index is 11.4. The Hall–Kier alpha value is -1.19. The van der Waals surface area contributed by atoms with E-state index < -0.39 is 0 Å². The Labute approximate surface area is 105 Å². The van der Waals surface area contributed by atoms with Crippen LogP contribution in [0.5, 0.6) is 0 Å². The van der Waals surface area contributed by atoms with E-state index in [4.69, 9.17) is 5.41 Å². The molecular weight excluding hydrogens is 216 g/mol. The molecule has 1 N–H and O–H groups in total. The topological polar surface area (TPSA) is 61.2 Å². The summed E-state index contributed by atoms with van der Waals surface area (Å²) in [6.45, 7) is 11.7. The molecule has 0 aromatic carbocycles. The second kappa shape index (κ2) is 10.00. The molecule has 0 saturated carbocycles. The predicted octanol–water partition coefficient (Wildman–Crippen LogP) is 2.86.